The van der Waals surface area contributed by atoms with Crippen LogP contribution in [-0.4, -0.2) is 193 Å². The first-order chi connectivity index (χ1) is 49.3. The van der Waals surface area contributed by atoms with Gasteiger partial charge in [-0.1, -0.05) is 290 Å². The van der Waals surface area contributed by atoms with E-state index < -0.39 is 124 Å². The van der Waals surface area contributed by atoms with E-state index in [2.05, 4.69) is 116 Å². The van der Waals surface area contributed by atoms with E-state index in [0.717, 1.165) is 116 Å². The highest BCUT2D eigenvalue weighted by Crippen LogP contribution is 2.33. The second-order valence-corrected chi connectivity index (χ2v) is 27.8. The second-order valence-electron chi connectivity index (χ2n) is 27.8. The zero-order valence-electron chi connectivity index (χ0n) is 62.1. The molecule has 3 aliphatic rings. The highest BCUT2D eigenvalue weighted by atomic mass is 16.8. The van der Waals surface area contributed by atoms with Gasteiger partial charge in [-0.25, -0.2) is 0 Å². The average Bonchev–Trinajstić information content (AvgIpc) is 0.783. The third kappa shape index (κ3) is 41.8. The van der Waals surface area contributed by atoms with Gasteiger partial charge in [0.2, 0.25) is 5.91 Å². The summed E-state index contributed by atoms with van der Waals surface area (Å²) in [6.45, 7) is 1.63. The first-order valence-corrected chi connectivity index (χ1v) is 39.6. The number of rotatable bonds is 61. The number of aliphatic hydroxyl groups excluding tert-OH is 11. The van der Waals surface area contributed by atoms with Crippen molar-refractivity contribution in [3.05, 3.63) is 109 Å². The number of unbranched alkanes of at least 4 members (excludes halogenated alkanes) is 29. The number of carbonyl (C=O) groups is 1. The van der Waals surface area contributed by atoms with Gasteiger partial charge in [-0.3, -0.25) is 4.79 Å². The Morgan fingerprint density at radius 1 is 0.366 bits per heavy atom. The molecule has 3 aliphatic heterocycles. The highest BCUT2D eigenvalue weighted by molar-refractivity contribution is 5.76. The van der Waals surface area contributed by atoms with Gasteiger partial charge in [0.1, 0.15) is 73.2 Å². The molecule has 17 unspecified atom stereocenters. The van der Waals surface area contributed by atoms with Gasteiger partial charge in [0.05, 0.1) is 38.6 Å². The zero-order chi connectivity index (χ0) is 73.2. The van der Waals surface area contributed by atoms with Gasteiger partial charge in [-0.05, 0) is 83.5 Å². The van der Waals surface area contributed by atoms with Crippen LogP contribution in [0.4, 0.5) is 0 Å². The Kier molecular flexibility index (Phi) is 55.9. The van der Waals surface area contributed by atoms with E-state index in [1.807, 2.05) is 6.08 Å². The summed E-state index contributed by atoms with van der Waals surface area (Å²) in [5.74, 6) is -0.286. The predicted octanol–water partition coefficient (Wildman–Crippen LogP) is 12.9. The average molecular weight is 1430 g/mol. The summed E-state index contributed by atoms with van der Waals surface area (Å²) in [6, 6.07) is -0.987. The van der Waals surface area contributed by atoms with Crippen LogP contribution in [0.1, 0.15) is 271 Å². The van der Waals surface area contributed by atoms with Crippen molar-refractivity contribution in [1.82, 2.24) is 5.32 Å². The van der Waals surface area contributed by atoms with E-state index in [-0.39, 0.29) is 18.9 Å². The molecule has 0 aromatic rings. The predicted molar refractivity (Wildman–Crippen MR) is 401 cm³/mol. The molecule has 0 aromatic carbocycles. The number of allylic oxidation sites excluding steroid dienone is 17. The van der Waals surface area contributed by atoms with Crippen LogP contribution in [-0.2, 0) is 33.2 Å². The molecule has 0 spiro atoms. The Bertz CT molecular complexity index is 2250. The van der Waals surface area contributed by atoms with Crippen molar-refractivity contribution >= 4 is 5.91 Å². The summed E-state index contributed by atoms with van der Waals surface area (Å²) in [6.07, 6.45) is 57.7. The van der Waals surface area contributed by atoms with Crippen molar-refractivity contribution in [2.24, 2.45) is 0 Å². The van der Waals surface area contributed by atoms with Gasteiger partial charge < -0.3 is 89.9 Å². The van der Waals surface area contributed by atoms with Gasteiger partial charge in [0.15, 0.2) is 18.9 Å². The van der Waals surface area contributed by atoms with Crippen molar-refractivity contribution in [1.29, 1.82) is 0 Å². The van der Waals surface area contributed by atoms with Gasteiger partial charge in [-0.2, -0.15) is 0 Å². The van der Waals surface area contributed by atoms with Crippen molar-refractivity contribution < 1.29 is 89.4 Å². The maximum Gasteiger partial charge on any atom is 0.220 e. The molecule has 3 rings (SSSR count). The fourth-order valence-electron chi connectivity index (χ4n) is 12.7. The number of carbonyl (C=O) groups excluding carboxylic acids is 1. The Balaban J connectivity index is 1.39. The van der Waals surface area contributed by atoms with Crippen LogP contribution in [0.5, 0.6) is 0 Å². The molecule has 0 radical (unpaired) electrons. The lowest BCUT2D eigenvalue weighted by molar-refractivity contribution is -0.379. The highest BCUT2D eigenvalue weighted by Gasteiger charge is 2.53. The third-order valence-electron chi connectivity index (χ3n) is 19.1. The first-order valence-electron chi connectivity index (χ1n) is 39.6. The van der Waals surface area contributed by atoms with Crippen LogP contribution in [0.25, 0.3) is 0 Å². The summed E-state index contributed by atoms with van der Waals surface area (Å²) < 4.78 is 34.4. The minimum Gasteiger partial charge on any atom is -0.394 e. The number of hydrogen-bond donors (Lipinski definition) is 12. The number of ether oxygens (including phenoxy) is 6. The molecule has 0 aliphatic carbocycles. The van der Waals surface area contributed by atoms with Crippen LogP contribution in [0.3, 0.4) is 0 Å². The van der Waals surface area contributed by atoms with Gasteiger partial charge in [0.25, 0.3) is 0 Å². The molecule has 582 valence electrons. The molecular weight excluding hydrogens is 1290 g/mol. The van der Waals surface area contributed by atoms with Crippen molar-refractivity contribution in [3.63, 3.8) is 0 Å². The summed E-state index contributed by atoms with van der Waals surface area (Å²) in [5.41, 5.74) is 0. The molecule has 19 nitrogen and oxygen atoms in total. The third-order valence-corrected chi connectivity index (χ3v) is 19.1. The molecule has 3 saturated heterocycles. The molecule has 3 heterocycles. The quantitative estimate of drug-likeness (QED) is 0.0199. The van der Waals surface area contributed by atoms with Crippen molar-refractivity contribution in [3.8, 4) is 0 Å². The van der Waals surface area contributed by atoms with Crippen molar-refractivity contribution in [2.75, 3.05) is 26.4 Å². The molecule has 12 N–H and O–H groups in total. The SMILES string of the molecule is CC/C=C\C/C=C\C/C=C\C/C=C\C/C=C\C/C=C\C/C=C\C/C=C\CCCCCCCCCCC(=O)NC(COC1OC(CO)C(OC2OC(CO)C(OC3OC(CO)C(O)C(O)C3O)C(O)C2O)C(O)C1O)C(O)/C=C/CCCCCCCCCCCCCCCCCCCCCCC. The van der Waals surface area contributed by atoms with Crippen LogP contribution in [0.15, 0.2) is 109 Å². The van der Waals surface area contributed by atoms with Crippen LogP contribution in [0, 0.1) is 0 Å². The molecule has 3 fully saturated rings. The maximum absolute atomic E-state index is 13.5. The summed E-state index contributed by atoms with van der Waals surface area (Å²) >= 11 is 0. The molecule has 17 atom stereocenters. The summed E-state index contributed by atoms with van der Waals surface area (Å²) in [5, 5.41) is 121. The van der Waals surface area contributed by atoms with E-state index >= 15 is 0 Å². The summed E-state index contributed by atoms with van der Waals surface area (Å²) in [7, 11) is 0. The second kappa shape index (κ2) is 61.6. The normalized spacial score (nSPS) is 26.9. The molecule has 19 heteroatoms. The fourth-order valence-corrected chi connectivity index (χ4v) is 12.7. The fraction of sp³-hybridized carbons (Fsp3) is 0.768. The van der Waals surface area contributed by atoms with Gasteiger partial charge >= 0.3 is 0 Å². The lowest BCUT2D eigenvalue weighted by Crippen LogP contribution is -2.66. The Morgan fingerprint density at radius 3 is 1.07 bits per heavy atom. The number of nitrogens with one attached hydrogen (secondary N) is 1. The first kappa shape index (κ1) is 91.7. The largest absolute Gasteiger partial charge is 0.394 e. The molecule has 0 aromatic heterocycles. The lowest BCUT2D eigenvalue weighted by Gasteiger charge is -2.48. The molecular formula is C82H141NO18. The minimum atomic E-state index is -1.98. The Hall–Kier alpha value is -3.55. The van der Waals surface area contributed by atoms with Crippen LogP contribution < -0.4 is 5.32 Å². The Morgan fingerprint density at radius 2 is 0.683 bits per heavy atom. The molecule has 0 saturated carbocycles. The van der Waals surface area contributed by atoms with Crippen LogP contribution >= 0.6 is 0 Å². The van der Waals surface area contributed by atoms with Crippen molar-refractivity contribution in [2.45, 2.75) is 375 Å². The number of hydrogen-bond acceptors (Lipinski definition) is 18. The van der Waals surface area contributed by atoms with E-state index in [0.29, 0.717) is 6.42 Å². The molecule has 0 bridgehead atoms. The Labute approximate surface area is 608 Å². The smallest absolute Gasteiger partial charge is 0.220 e. The van der Waals surface area contributed by atoms with Gasteiger partial charge in [-0.15, -0.1) is 0 Å². The van der Waals surface area contributed by atoms with E-state index in [1.165, 1.54) is 128 Å². The van der Waals surface area contributed by atoms with Crippen LogP contribution in [0.2, 0.25) is 0 Å². The zero-order valence-corrected chi connectivity index (χ0v) is 62.1. The van der Waals surface area contributed by atoms with Gasteiger partial charge in [0, 0.05) is 6.42 Å². The number of aliphatic hydroxyl groups is 11. The topological polar surface area (TPSA) is 307 Å². The standard InChI is InChI=1S/C82H141NO18/c1-3-5-7-9-11-13-15-17-19-21-23-25-27-28-29-30-31-32-33-34-35-36-38-40-42-44-46-48-50-52-54-56-58-60-70(88)83-65(66(87)59-57-55-53-51-49-47-45-43-41-39-37-26-24-22-20-18-16-14-12-10-8-6-4-2)64-96-80-76(94)73(91)78(68(62-85)98-80)101-82-77(95)74(92)79(69(63-86)99-82)100-81-75(93)72(90)71(89)67(61-84)97-81/h5,7,11,13,17,19,23,25,28-29,31-32,34-35,38,40,57,59,65-69,71-82,84-87,89-95H,3-4,6,8-10,12,14-16,18,20-22,24,26-27,30,33,36-37,39,41-56,58,60-64H2,1-2H3,(H,83,88)/b7-5-,13-11-,19-17-,25-23-,29-28-,32-31-,35-34-,40-38-,59-57+. The van der Waals surface area contributed by atoms with E-state index in [9.17, 15) is 61.0 Å². The lowest BCUT2D eigenvalue weighted by atomic mass is 9.96. The minimum absolute atomic E-state index is 0.227. The molecule has 1 amide bonds. The maximum atomic E-state index is 13.5. The van der Waals surface area contributed by atoms with E-state index in [1.54, 1.807) is 6.08 Å². The van der Waals surface area contributed by atoms with E-state index in [4.69, 9.17) is 28.4 Å². The number of amides is 1. The monoisotopic (exact) mass is 1430 g/mol. The summed E-state index contributed by atoms with van der Waals surface area (Å²) in [4.78, 5) is 13.5. The molecule has 101 heavy (non-hydrogen) atoms.